The number of nitrogens with two attached hydrogens (primary N) is 1. The Labute approximate surface area is 204 Å². The first-order valence-corrected chi connectivity index (χ1v) is 12.6. The molecule has 2 heterocycles. The van der Waals surface area contributed by atoms with Gasteiger partial charge in [0.1, 0.15) is 29.5 Å². The fourth-order valence-electron chi connectivity index (χ4n) is 4.89. The molecule has 0 aromatic rings. The van der Waals surface area contributed by atoms with Crippen molar-refractivity contribution in [3.63, 3.8) is 0 Å². The zero-order chi connectivity index (χ0) is 25.1. The van der Waals surface area contributed by atoms with E-state index >= 15 is 0 Å². The molecule has 1 aliphatic carbocycles. The van der Waals surface area contributed by atoms with Gasteiger partial charge in [0.2, 0.25) is 5.91 Å². The largest absolute Gasteiger partial charge is 0.468 e. The maximum Gasteiger partial charge on any atom is 0.414 e. The van der Waals surface area contributed by atoms with Crippen LogP contribution in [0.3, 0.4) is 0 Å². The van der Waals surface area contributed by atoms with E-state index in [9.17, 15) is 14.4 Å². The van der Waals surface area contributed by atoms with E-state index in [1.54, 1.807) is 7.11 Å². The number of esters is 1. The highest BCUT2D eigenvalue weighted by molar-refractivity contribution is 8.00. The van der Waals surface area contributed by atoms with Crippen LogP contribution in [-0.4, -0.2) is 85.9 Å². The van der Waals surface area contributed by atoms with Crippen LogP contribution in [0.1, 0.15) is 40.0 Å². The standard InChI is InChI=1S/C23H36N2O8S/c1-13(2)6-7-16-22(3,33-16)19-18(29-4)15(8-9-23(19)12-31-23)32-21(28)25-17(26)11-34-10-14(24)20(27)30-5/h6,14-16,18-19H,7-12,24H2,1-5H3,(H,25,26,28)/t14-,15+,16-,18+,19+,22+,23-/m0/s1. The van der Waals surface area contributed by atoms with Gasteiger partial charge in [-0.1, -0.05) is 11.6 Å². The van der Waals surface area contributed by atoms with Crippen LogP contribution in [0.5, 0.6) is 0 Å². The van der Waals surface area contributed by atoms with E-state index in [-0.39, 0.29) is 29.1 Å². The lowest BCUT2D eigenvalue weighted by atomic mass is 9.68. The number of methoxy groups -OCH3 is 2. The molecule has 0 bridgehead atoms. The molecule has 3 fully saturated rings. The minimum atomic E-state index is -0.833. The van der Waals surface area contributed by atoms with Gasteiger partial charge in [-0.2, -0.15) is 0 Å². The summed E-state index contributed by atoms with van der Waals surface area (Å²) < 4.78 is 28.1. The number of hydrogen-bond acceptors (Lipinski definition) is 10. The third kappa shape index (κ3) is 6.12. The zero-order valence-corrected chi connectivity index (χ0v) is 21.3. The van der Waals surface area contributed by atoms with Crippen LogP contribution in [0.4, 0.5) is 4.79 Å². The van der Waals surface area contributed by atoms with E-state index in [0.29, 0.717) is 13.0 Å². The van der Waals surface area contributed by atoms with Gasteiger partial charge in [-0.05, 0) is 40.0 Å². The van der Waals surface area contributed by atoms with Gasteiger partial charge in [0.05, 0.1) is 31.5 Å². The van der Waals surface area contributed by atoms with Gasteiger partial charge < -0.3 is 29.4 Å². The van der Waals surface area contributed by atoms with Gasteiger partial charge in [0, 0.05) is 12.9 Å². The summed E-state index contributed by atoms with van der Waals surface area (Å²) >= 11 is 1.12. The van der Waals surface area contributed by atoms with E-state index in [1.165, 1.54) is 12.7 Å². The molecule has 10 nitrogen and oxygen atoms in total. The molecule has 0 radical (unpaired) electrons. The van der Waals surface area contributed by atoms with Crippen molar-refractivity contribution in [1.29, 1.82) is 0 Å². The highest BCUT2D eigenvalue weighted by Gasteiger charge is 2.72. The predicted molar refractivity (Wildman–Crippen MR) is 125 cm³/mol. The number of alkyl carbamates (subject to hydrolysis) is 1. The summed E-state index contributed by atoms with van der Waals surface area (Å²) in [4.78, 5) is 35.9. The first-order chi connectivity index (χ1) is 16.1. The number of allylic oxidation sites excluding steroid dienone is 1. The summed E-state index contributed by atoms with van der Waals surface area (Å²) in [5, 5.41) is 2.23. The lowest BCUT2D eigenvalue weighted by Gasteiger charge is -2.42. The Balaban J connectivity index is 1.54. The molecule has 0 unspecified atom stereocenters. The fourth-order valence-corrected chi connectivity index (χ4v) is 5.65. The van der Waals surface area contributed by atoms with Crippen molar-refractivity contribution < 1.29 is 38.1 Å². The summed E-state index contributed by atoms with van der Waals surface area (Å²) in [6.45, 7) is 6.81. The van der Waals surface area contributed by atoms with Crippen LogP contribution in [0, 0.1) is 5.92 Å². The van der Waals surface area contributed by atoms with E-state index in [2.05, 4.69) is 36.9 Å². The Morgan fingerprint density at radius 2 is 2.00 bits per heavy atom. The van der Waals surface area contributed by atoms with Crippen molar-refractivity contribution in [2.24, 2.45) is 11.7 Å². The molecule has 11 heteroatoms. The van der Waals surface area contributed by atoms with E-state index < -0.39 is 41.8 Å². The smallest absolute Gasteiger partial charge is 0.414 e. The zero-order valence-electron chi connectivity index (χ0n) is 20.5. The van der Waals surface area contributed by atoms with Gasteiger partial charge in [0.15, 0.2) is 0 Å². The molecular weight excluding hydrogens is 464 g/mol. The Morgan fingerprint density at radius 3 is 2.59 bits per heavy atom. The van der Waals surface area contributed by atoms with E-state index in [1.807, 2.05) is 0 Å². The Hall–Kier alpha value is -1.66. The van der Waals surface area contributed by atoms with Gasteiger partial charge in [-0.3, -0.25) is 14.9 Å². The number of imide groups is 1. The molecule has 2 amide bonds. The maximum absolute atomic E-state index is 12.4. The van der Waals surface area contributed by atoms with Crippen LogP contribution in [-0.2, 0) is 33.3 Å². The first-order valence-electron chi connectivity index (χ1n) is 11.5. The molecule has 3 rings (SSSR count). The third-order valence-electron chi connectivity index (χ3n) is 6.77. The summed E-state index contributed by atoms with van der Waals surface area (Å²) in [6, 6.07) is -0.833. The Bertz CT molecular complexity index is 813. The van der Waals surface area contributed by atoms with Crippen LogP contribution >= 0.6 is 11.8 Å². The number of rotatable bonds is 10. The minimum absolute atomic E-state index is 0.0459. The number of thioether (sulfide) groups is 1. The first kappa shape index (κ1) is 26.9. The Morgan fingerprint density at radius 1 is 1.29 bits per heavy atom. The molecule has 0 aromatic heterocycles. The normalized spacial score (nSPS) is 34.6. The van der Waals surface area contributed by atoms with Crippen LogP contribution in [0.15, 0.2) is 11.6 Å². The molecular formula is C23H36N2O8S. The molecule has 3 N–H and O–H groups in total. The van der Waals surface area contributed by atoms with Crippen molar-refractivity contribution in [2.45, 2.75) is 75.6 Å². The summed E-state index contributed by atoms with van der Waals surface area (Å²) in [5.41, 5.74) is 6.11. The molecule has 1 saturated carbocycles. The van der Waals surface area contributed by atoms with Crippen molar-refractivity contribution >= 4 is 29.7 Å². The topological polar surface area (TPSA) is 142 Å². The second-order valence-corrected chi connectivity index (χ2v) is 10.5. The number of nitrogens with one attached hydrogen (secondary N) is 1. The third-order valence-corrected chi connectivity index (χ3v) is 7.83. The van der Waals surface area contributed by atoms with Crippen molar-refractivity contribution in [3.8, 4) is 0 Å². The number of carbonyl (C=O) groups is 3. The van der Waals surface area contributed by atoms with E-state index in [0.717, 1.165) is 24.6 Å². The SMILES string of the molecule is COC(=O)[C@@H](N)CSCC(=O)NC(=O)O[C@@H]1CC[C@]2(CO2)[C@@H]([C@]2(C)O[C@H]2CC=C(C)C)[C@@H]1OC. The van der Waals surface area contributed by atoms with Gasteiger partial charge in [-0.15, -0.1) is 11.8 Å². The summed E-state index contributed by atoms with van der Waals surface area (Å²) in [6.07, 6.45) is 2.50. The highest BCUT2D eigenvalue weighted by Crippen LogP contribution is 2.59. The van der Waals surface area contributed by atoms with Crippen LogP contribution < -0.4 is 11.1 Å². The van der Waals surface area contributed by atoms with Crippen molar-refractivity contribution in [3.05, 3.63) is 11.6 Å². The average molecular weight is 501 g/mol. The number of ether oxygens (including phenoxy) is 5. The fraction of sp³-hybridized carbons (Fsp3) is 0.783. The lowest BCUT2D eigenvalue weighted by Crippen LogP contribution is -2.56. The highest BCUT2D eigenvalue weighted by atomic mass is 32.2. The lowest BCUT2D eigenvalue weighted by molar-refractivity contribution is -0.141. The van der Waals surface area contributed by atoms with E-state index in [4.69, 9.17) is 24.7 Å². The second-order valence-electron chi connectivity index (χ2n) is 9.51. The number of carbonyl (C=O) groups excluding carboxylic acids is 3. The second kappa shape index (κ2) is 10.9. The monoisotopic (exact) mass is 500 g/mol. The molecule has 0 aromatic carbocycles. The molecule has 3 aliphatic rings. The summed E-state index contributed by atoms with van der Waals surface area (Å²) in [5.74, 6) is -1.04. The summed E-state index contributed by atoms with van der Waals surface area (Å²) in [7, 11) is 2.84. The number of hydrogen-bond donors (Lipinski definition) is 2. The molecule has 7 atom stereocenters. The molecule has 34 heavy (non-hydrogen) atoms. The van der Waals surface area contributed by atoms with Crippen molar-refractivity contribution in [1.82, 2.24) is 5.32 Å². The van der Waals surface area contributed by atoms with Gasteiger partial charge in [0.25, 0.3) is 0 Å². The number of epoxide rings is 2. The Kier molecular flexibility index (Phi) is 8.67. The molecule has 192 valence electrons. The maximum atomic E-state index is 12.4. The minimum Gasteiger partial charge on any atom is -0.468 e. The van der Waals surface area contributed by atoms with Crippen LogP contribution in [0.2, 0.25) is 0 Å². The molecule has 2 aliphatic heterocycles. The number of amides is 2. The molecule has 2 saturated heterocycles. The van der Waals surface area contributed by atoms with Crippen molar-refractivity contribution in [2.75, 3.05) is 32.3 Å². The molecule has 1 spiro atoms. The van der Waals surface area contributed by atoms with Gasteiger partial charge in [-0.25, -0.2) is 4.79 Å². The van der Waals surface area contributed by atoms with Crippen LogP contribution in [0.25, 0.3) is 0 Å². The van der Waals surface area contributed by atoms with Gasteiger partial charge >= 0.3 is 12.1 Å². The predicted octanol–water partition coefficient (Wildman–Crippen LogP) is 1.55. The average Bonchev–Trinajstić information content (AvgIpc) is 3.69. The quantitative estimate of drug-likeness (QED) is 0.258.